The largest absolute Gasteiger partial charge is 0.508 e. The zero-order chi connectivity index (χ0) is 14.5. The minimum atomic E-state index is -0.337. The van der Waals surface area contributed by atoms with Crippen LogP contribution in [-0.2, 0) is 0 Å². The van der Waals surface area contributed by atoms with Crippen molar-refractivity contribution in [3.8, 4) is 5.75 Å². The molecule has 0 spiro atoms. The molecule has 0 aliphatic heterocycles. The first-order chi connectivity index (χ1) is 9.56. The van der Waals surface area contributed by atoms with Gasteiger partial charge in [-0.05, 0) is 44.2 Å². The van der Waals surface area contributed by atoms with Gasteiger partial charge >= 0.3 is 0 Å². The lowest BCUT2D eigenvalue weighted by molar-refractivity contribution is 0.265. The maximum absolute atomic E-state index is 13.7. The van der Waals surface area contributed by atoms with Crippen LogP contribution in [-0.4, -0.2) is 11.7 Å². The highest BCUT2D eigenvalue weighted by molar-refractivity contribution is 5.29. The fourth-order valence-electron chi connectivity index (χ4n) is 3.30. The Balaban J connectivity index is 1.78. The summed E-state index contributed by atoms with van der Waals surface area (Å²) in [6.07, 6.45) is 6.58. The van der Waals surface area contributed by atoms with Crippen molar-refractivity contribution in [2.24, 2.45) is 11.8 Å². The summed E-state index contributed by atoms with van der Waals surface area (Å²) in [5, 5.41) is 12.6. The second kappa shape index (κ2) is 7.07. The molecule has 2 N–H and O–H groups in total. The van der Waals surface area contributed by atoms with E-state index in [0.29, 0.717) is 5.56 Å². The van der Waals surface area contributed by atoms with Crippen molar-refractivity contribution in [2.75, 3.05) is 6.54 Å². The Hall–Kier alpha value is -1.09. The number of hydrogen-bond acceptors (Lipinski definition) is 2. The second-order valence-electron chi connectivity index (χ2n) is 6.31. The van der Waals surface area contributed by atoms with E-state index < -0.39 is 0 Å². The quantitative estimate of drug-likeness (QED) is 0.837. The minimum Gasteiger partial charge on any atom is -0.508 e. The van der Waals surface area contributed by atoms with Gasteiger partial charge in [0.1, 0.15) is 11.6 Å². The van der Waals surface area contributed by atoms with Crippen LogP contribution in [0.25, 0.3) is 0 Å². The van der Waals surface area contributed by atoms with Gasteiger partial charge in [-0.25, -0.2) is 4.39 Å². The van der Waals surface area contributed by atoms with Gasteiger partial charge in [-0.2, -0.15) is 0 Å². The molecule has 1 fully saturated rings. The van der Waals surface area contributed by atoms with Crippen LogP contribution < -0.4 is 5.32 Å². The smallest absolute Gasteiger partial charge is 0.131 e. The predicted molar refractivity (Wildman–Crippen MR) is 80.2 cm³/mol. The van der Waals surface area contributed by atoms with Gasteiger partial charge in [0.05, 0.1) is 0 Å². The number of nitrogens with one attached hydrogen (secondary N) is 1. The summed E-state index contributed by atoms with van der Waals surface area (Å²) in [6.45, 7) is 5.24. The van der Waals surface area contributed by atoms with E-state index in [0.717, 1.165) is 18.4 Å². The molecule has 1 saturated carbocycles. The van der Waals surface area contributed by atoms with Crippen LogP contribution in [0.1, 0.15) is 57.6 Å². The van der Waals surface area contributed by atoms with Crippen LogP contribution in [0.2, 0.25) is 0 Å². The van der Waals surface area contributed by atoms with Crippen molar-refractivity contribution < 1.29 is 9.50 Å². The lowest BCUT2D eigenvalue weighted by atomic mass is 9.81. The van der Waals surface area contributed by atoms with Crippen molar-refractivity contribution in [2.45, 2.75) is 52.0 Å². The monoisotopic (exact) mass is 279 g/mol. The van der Waals surface area contributed by atoms with Crippen molar-refractivity contribution in [3.63, 3.8) is 0 Å². The first kappa shape index (κ1) is 15.3. The van der Waals surface area contributed by atoms with Gasteiger partial charge < -0.3 is 10.4 Å². The van der Waals surface area contributed by atoms with Crippen LogP contribution in [0.4, 0.5) is 4.39 Å². The van der Waals surface area contributed by atoms with Crippen LogP contribution in [0.15, 0.2) is 18.2 Å². The third-order valence-corrected chi connectivity index (χ3v) is 4.50. The van der Waals surface area contributed by atoms with Crippen LogP contribution in [0.3, 0.4) is 0 Å². The summed E-state index contributed by atoms with van der Waals surface area (Å²) in [6, 6.07) is 4.36. The SMILES string of the molecule is CC1CCCC(CCNC(C)c2ccc(O)cc2F)C1. The van der Waals surface area contributed by atoms with E-state index in [9.17, 15) is 9.50 Å². The predicted octanol–water partition coefficient (Wildman–Crippen LogP) is 4.40. The van der Waals surface area contributed by atoms with E-state index in [1.807, 2.05) is 6.92 Å². The molecule has 1 aliphatic carbocycles. The van der Waals surface area contributed by atoms with Gasteiger partial charge in [0.25, 0.3) is 0 Å². The minimum absolute atomic E-state index is 0.0170. The highest BCUT2D eigenvalue weighted by atomic mass is 19.1. The van der Waals surface area contributed by atoms with E-state index in [1.54, 1.807) is 12.1 Å². The molecule has 20 heavy (non-hydrogen) atoms. The molecule has 3 unspecified atom stereocenters. The fourth-order valence-corrected chi connectivity index (χ4v) is 3.30. The number of phenols is 1. The molecule has 3 heteroatoms. The molecule has 0 radical (unpaired) electrons. The van der Waals surface area contributed by atoms with E-state index in [1.165, 1.54) is 38.2 Å². The van der Waals surface area contributed by atoms with Crippen molar-refractivity contribution >= 4 is 0 Å². The molecule has 3 atom stereocenters. The Labute approximate surface area is 121 Å². The lowest BCUT2D eigenvalue weighted by Crippen LogP contribution is -2.24. The molecule has 0 saturated heterocycles. The number of hydrogen-bond donors (Lipinski definition) is 2. The second-order valence-corrected chi connectivity index (χ2v) is 6.31. The average molecular weight is 279 g/mol. The highest BCUT2D eigenvalue weighted by Gasteiger charge is 2.19. The van der Waals surface area contributed by atoms with Crippen LogP contribution in [0.5, 0.6) is 5.75 Å². The molecule has 0 amide bonds. The summed E-state index contributed by atoms with van der Waals surface area (Å²) >= 11 is 0. The van der Waals surface area contributed by atoms with Gasteiger partial charge in [0, 0.05) is 17.7 Å². The van der Waals surface area contributed by atoms with Gasteiger partial charge in [-0.3, -0.25) is 0 Å². The summed E-state index contributed by atoms with van der Waals surface area (Å²) in [7, 11) is 0. The third kappa shape index (κ3) is 4.20. The lowest BCUT2D eigenvalue weighted by Gasteiger charge is -2.27. The Bertz CT molecular complexity index is 435. The first-order valence-electron chi connectivity index (χ1n) is 7.78. The Morgan fingerprint density at radius 1 is 1.40 bits per heavy atom. The third-order valence-electron chi connectivity index (χ3n) is 4.50. The summed E-state index contributed by atoms with van der Waals surface area (Å²) in [5.41, 5.74) is 0.625. The fraction of sp³-hybridized carbons (Fsp3) is 0.647. The van der Waals surface area contributed by atoms with E-state index in [2.05, 4.69) is 12.2 Å². The van der Waals surface area contributed by atoms with Crippen molar-refractivity contribution in [3.05, 3.63) is 29.6 Å². The molecule has 1 aromatic rings. The summed E-state index contributed by atoms with van der Waals surface area (Å²) < 4.78 is 13.7. The standard InChI is InChI=1S/C17H26FNO/c1-12-4-3-5-14(10-12)8-9-19-13(2)16-7-6-15(20)11-17(16)18/h6-7,11-14,19-20H,3-5,8-10H2,1-2H3. The van der Waals surface area contributed by atoms with Crippen LogP contribution in [0, 0.1) is 17.7 Å². The van der Waals surface area contributed by atoms with Gasteiger partial charge in [0.2, 0.25) is 0 Å². The van der Waals surface area contributed by atoms with E-state index >= 15 is 0 Å². The maximum atomic E-state index is 13.7. The zero-order valence-electron chi connectivity index (χ0n) is 12.5. The maximum Gasteiger partial charge on any atom is 0.131 e. The van der Waals surface area contributed by atoms with Gasteiger partial charge in [0.15, 0.2) is 0 Å². The number of halogens is 1. The first-order valence-corrected chi connectivity index (χ1v) is 7.78. The molecule has 0 aromatic heterocycles. The summed E-state index contributed by atoms with van der Waals surface area (Å²) in [4.78, 5) is 0. The van der Waals surface area contributed by atoms with Crippen LogP contribution >= 0.6 is 0 Å². The van der Waals surface area contributed by atoms with E-state index in [-0.39, 0.29) is 17.6 Å². The topological polar surface area (TPSA) is 32.3 Å². The molecule has 1 aliphatic rings. The Kier molecular flexibility index (Phi) is 5.41. The summed E-state index contributed by atoms with van der Waals surface area (Å²) in [5.74, 6) is 1.33. The van der Waals surface area contributed by atoms with Crippen molar-refractivity contribution in [1.29, 1.82) is 0 Å². The number of phenolic OH excluding ortho intramolecular Hbond substituents is 1. The van der Waals surface area contributed by atoms with Gasteiger partial charge in [-0.1, -0.05) is 32.3 Å². The number of rotatable bonds is 5. The Morgan fingerprint density at radius 3 is 2.90 bits per heavy atom. The average Bonchev–Trinajstić information content (AvgIpc) is 2.38. The zero-order valence-corrected chi connectivity index (χ0v) is 12.5. The molecule has 0 heterocycles. The van der Waals surface area contributed by atoms with E-state index in [4.69, 9.17) is 0 Å². The normalized spacial score (nSPS) is 24.6. The molecular formula is C17H26FNO. The number of benzene rings is 1. The van der Waals surface area contributed by atoms with Crippen molar-refractivity contribution in [1.82, 2.24) is 5.32 Å². The molecular weight excluding hydrogens is 253 g/mol. The van der Waals surface area contributed by atoms with Gasteiger partial charge in [-0.15, -0.1) is 0 Å². The molecule has 2 rings (SSSR count). The molecule has 1 aromatic carbocycles. The molecule has 0 bridgehead atoms. The molecule has 2 nitrogen and oxygen atoms in total. The molecule has 112 valence electrons. The highest BCUT2D eigenvalue weighted by Crippen LogP contribution is 2.30. The Morgan fingerprint density at radius 2 is 2.20 bits per heavy atom. The number of aromatic hydroxyl groups is 1.